The average molecular weight is 371 g/mol. The highest BCUT2D eigenvalue weighted by Gasteiger charge is 2.11. The Hall–Kier alpha value is -1.54. The van der Waals surface area contributed by atoms with E-state index in [4.69, 9.17) is 33.2 Å². The quantitative estimate of drug-likeness (QED) is 0.548. The molecule has 0 unspecified atom stereocenters. The van der Waals surface area contributed by atoms with E-state index in [0.29, 0.717) is 37.9 Å². The standard InChI is InChI=1S/C14H6BrCl2NO2/c15-10-4-12(17)14(5-11(10)16)20-13-2-1-8(7-19)3-9(13)6-18/h1-5,7H. The van der Waals surface area contributed by atoms with Gasteiger partial charge in [0, 0.05) is 16.1 Å². The van der Waals surface area contributed by atoms with Gasteiger partial charge in [0.2, 0.25) is 0 Å². The van der Waals surface area contributed by atoms with Gasteiger partial charge in [-0.05, 0) is 40.2 Å². The molecular formula is C14H6BrCl2NO2. The molecule has 0 aliphatic rings. The van der Waals surface area contributed by atoms with Crippen LogP contribution in [0, 0.1) is 11.3 Å². The molecule has 0 atom stereocenters. The van der Waals surface area contributed by atoms with E-state index in [1.54, 1.807) is 18.2 Å². The molecule has 0 spiro atoms. The van der Waals surface area contributed by atoms with E-state index in [1.807, 2.05) is 6.07 Å². The van der Waals surface area contributed by atoms with E-state index in [-0.39, 0.29) is 5.56 Å². The van der Waals surface area contributed by atoms with Gasteiger partial charge >= 0.3 is 0 Å². The van der Waals surface area contributed by atoms with E-state index >= 15 is 0 Å². The number of benzene rings is 2. The molecule has 0 aliphatic heterocycles. The highest BCUT2D eigenvalue weighted by atomic mass is 79.9. The van der Waals surface area contributed by atoms with Crippen molar-refractivity contribution in [1.82, 2.24) is 0 Å². The summed E-state index contributed by atoms with van der Waals surface area (Å²) in [4.78, 5) is 10.7. The lowest BCUT2D eigenvalue weighted by Crippen LogP contribution is -1.91. The zero-order chi connectivity index (χ0) is 14.7. The summed E-state index contributed by atoms with van der Waals surface area (Å²) in [5.74, 6) is 0.633. The van der Waals surface area contributed by atoms with E-state index in [1.165, 1.54) is 12.1 Å². The Morgan fingerprint density at radius 1 is 1.15 bits per heavy atom. The van der Waals surface area contributed by atoms with Gasteiger partial charge in [-0.3, -0.25) is 4.79 Å². The lowest BCUT2D eigenvalue weighted by Gasteiger charge is -2.10. The van der Waals surface area contributed by atoms with Crippen LogP contribution in [-0.2, 0) is 0 Å². The number of carbonyl (C=O) groups excluding carboxylic acids is 1. The molecular weight excluding hydrogens is 365 g/mol. The molecule has 100 valence electrons. The van der Waals surface area contributed by atoms with Crippen LogP contribution < -0.4 is 4.74 Å². The van der Waals surface area contributed by atoms with Gasteiger partial charge in [0.15, 0.2) is 0 Å². The number of nitrogens with zero attached hydrogens (tertiary/aromatic N) is 1. The summed E-state index contributed by atoms with van der Waals surface area (Å²) >= 11 is 15.3. The lowest BCUT2D eigenvalue weighted by atomic mass is 10.1. The Labute approximate surface area is 133 Å². The van der Waals surface area contributed by atoms with Crippen LogP contribution in [0.5, 0.6) is 11.5 Å². The summed E-state index contributed by atoms with van der Waals surface area (Å²) < 4.78 is 6.24. The van der Waals surface area contributed by atoms with Crippen LogP contribution in [0.15, 0.2) is 34.8 Å². The van der Waals surface area contributed by atoms with Gasteiger partial charge in [-0.2, -0.15) is 5.26 Å². The van der Waals surface area contributed by atoms with Crippen molar-refractivity contribution in [3.8, 4) is 17.6 Å². The highest BCUT2D eigenvalue weighted by Crippen LogP contribution is 2.37. The number of hydrogen-bond acceptors (Lipinski definition) is 3. The molecule has 0 radical (unpaired) electrons. The van der Waals surface area contributed by atoms with Crippen LogP contribution in [0.1, 0.15) is 15.9 Å². The van der Waals surface area contributed by atoms with Gasteiger partial charge in [0.05, 0.1) is 15.6 Å². The average Bonchev–Trinajstić information content (AvgIpc) is 2.45. The van der Waals surface area contributed by atoms with Crippen molar-refractivity contribution >= 4 is 45.4 Å². The fourth-order valence-electron chi connectivity index (χ4n) is 1.50. The number of carbonyl (C=O) groups is 1. The summed E-state index contributed by atoms with van der Waals surface area (Å²) in [5, 5.41) is 9.86. The monoisotopic (exact) mass is 369 g/mol. The molecule has 0 saturated carbocycles. The van der Waals surface area contributed by atoms with Gasteiger partial charge in [-0.15, -0.1) is 0 Å². The maximum absolute atomic E-state index is 10.7. The molecule has 20 heavy (non-hydrogen) atoms. The number of ether oxygens (including phenoxy) is 1. The van der Waals surface area contributed by atoms with E-state index in [9.17, 15) is 4.79 Å². The van der Waals surface area contributed by atoms with Crippen molar-refractivity contribution in [3.63, 3.8) is 0 Å². The van der Waals surface area contributed by atoms with Gasteiger partial charge in [0.25, 0.3) is 0 Å². The van der Waals surface area contributed by atoms with Gasteiger partial charge in [-0.1, -0.05) is 23.2 Å². The second-order valence-corrected chi connectivity index (χ2v) is 5.45. The first-order valence-corrected chi connectivity index (χ1v) is 6.91. The minimum atomic E-state index is 0.240. The first-order chi connectivity index (χ1) is 9.55. The van der Waals surface area contributed by atoms with Crippen molar-refractivity contribution in [2.45, 2.75) is 0 Å². The Kier molecular flexibility index (Phi) is 4.66. The SMILES string of the molecule is N#Cc1cc(C=O)ccc1Oc1cc(Cl)c(Br)cc1Cl. The summed E-state index contributed by atoms with van der Waals surface area (Å²) in [6, 6.07) is 9.64. The fourth-order valence-corrected chi connectivity index (χ4v) is 2.33. The normalized spacial score (nSPS) is 9.90. The molecule has 0 bridgehead atoms. The minimum absolute atomic E-state index is 0.240. The van der Waals surface area contributed by atoms with Crippen LogP contribution in [0.2, 0.25) is 10.0 Å². The van der Waals surface area contributed by atoms with Crippen LogP contribution in [0.25, 0.3) is 0 Å². The number of rotatable bonds is 3. The topological polar surface area (TPSA) is 50.1 Å². The minimum Gasteiger partial charge on any atom is -0.454 e. The van der Waals surface area contributed by atoms with Crippen molar-refractivity contribution in [1.29, 1.82) is 5.26 Å². The Morgan fingerprint density at radius 3 is 2.55 bits per heavy atom. The van der Waals surface area contributed by atoms with Gasteiger partial charge < -0.3 is 4.74 Å². The van der Waals surface area contributed by atoms with Crippen molar-refractivity contribution in [3.05, 3.63) is 56.0 Å². The molecule has 0 amide bonds. The zero-order valence-electron chi connectivity index (χ0n) is 9.86. The van der Waals surface area contributed by atoms with Gasteiger partial charge in [-0.25, -0.2) is 0 Å². The summed E-state index contributed by atoms with van der Waals surface area (Å²) in [6.07, 6.45) is 0.661. The molecule has 0 saturated heterocycles. The molecule has 2 aromatic rings. The summed E-state index contributed by atoms with van der Waals surface area (Å²) in [7, 11) is 0. The van der Waals surface area contributed by atoms with Crippen LogP contribution >= 0.6 is 39.1 Å². The third kappa shape index (κ3) is 3.13. The Bertz CT molecular complexity index is 726. The molecule has 3 nitrogen and oxygen atoms in total. The second-order valence-electron chi connectivity index (χ2n) is 3.78. The predicted octanol–water partition coefficient (Wildman–Crippen LogP) is 5.23. The Morgan fingerprint density at radius 2 is 1.90 bits per heavy atom. The Balaban J connectivity index is 2.43. The first-order valence-electron chi connectivity index (χ1n) is 5.37. The molecule has 6 heteroatoms. The lowest BCUT2D eigenvalue weighted by molar-refractivity contribution is 0.112. The van der Waals surface area contributed by atoms with Crippen LogP contribution in [0.3, 0.4) is 0 Å². The maximum atomic E-state index is 10.7. The number of aldehydes is 1. The van der Waals surface area contributed by atoms with E-state index in [2.05, 4.69) is 15.9 Å². The molecule has 0 fully saturated rings. The van der Waals surface area contributed by atoms with Crippen molar-refractivity contribution < 1.29 is 9.53 Å². The molecule has 0 aromatic heterocycles. The van der Waals surface area contributed by atoms with E-state index in [0.717, 1.165) is 0 Å². The highest BCUT2D eigenvalue weighted by molar-refractivity contribution is 9.10. The maximum Gasteiger partial charge on any atom is 0.150 e. The number of halogens is 3. The zero-order valence-corrected chi connectivity index (χ0v) is 13.0. The van der Waals surface area contributed by atoms with Crippen molar-refractivity contribution in [2.24, 2.45) is 0 Å². The van der Waals surface area contributed by atoms with Gasteiger partial charge in [0.1, 0.15) is 23.9 Å². The predicted molar refractivity (Wildman–Crippen MR) is 80.8 cm³/mol. The van der Waals surface area contributed by atoms with Crippen LogP contribution in [0.4, 0.5) is 0 Å². The van der Waals surface area contributed by atoms with Crippen molar-refractivity contribution in [2.75, 3.05) is 0 Å². The molecule has 2 aromatic carbocycles. The first kappa shape index (κ1) is 14.9. The smallest absolute Gasteiger partial charge is 0.150 e. The molecule has 0 N–H and O–H groups in total. The van der Waals surface area contributed by atoms with E-state index < -0.39 is 0 Å². The summed E-state index contributed by atoms with van der Waals surface area (Å²) in [6.45, 7) is 0. The second kappa shape index (κ2) is 6.27. The number of hydrogen-bond donors (Lipinski definition) is 0. The third-order valence-corrected chi connectivity index (χ3v) is 3.95. The summed E-state index contributed by atoms with van der Waals surface area (Å²) in [5.41, 5.74) is 0.638. The van der Waals surface area contributed by atoms with Crippen LogP contribution in [-0.4, -0.2) is 6.29 Å². The molecule has 0 aliphatic carbocycles. The molecule has 2 rings (SSSR count). The fraction of sp³-hybridized carbons (Fsp3) is 0. The third-order valence-electron chi connectivity index (χ3n) is 2.45. The largest absolute Gasteiger partial charge is 0.454 e. The number of nitriles is 1. The molecule has 0 heterocycles.